The first-order valence-electron chi connectivity index (χ1n) is 8.30. The van der Waals surface area contributed by atoms with E-state index in [1.807, 2.05) is 6.92 Å². The predicted molar refractivity (Wildman–Crippen MR) is 82.6 cm³/mol. The van der Waals surface area contributed by atoms with Gasteiger partial charge in [0.1, 0.15) is 0 Å². The minimum atomic E-state index is -0.544. The molecule has 2 N–H and O–H groups in total. The first-order valence-corrected chi connectivity index (χ1v) is 8.30. The highest BCUT2D eigenvalue weighted by molar-refractivity contribution is 5.17. The van der Waals surface area contributed by atoms with Crippen LogP contribution in [0.3, 0.4) is 0 Å². The third-order valence-corrected chi connectivity index (χ3v) is 4.91. The third-order valence-electron chi connectivity index (χ3n) is 4.91. The van der Waals surface area contributed by atoms with Gasteiger partial charge in [-0.25, -0.2) is 0 Å². The number of unbranched alkanes of at least 4 members (excludes halogenated alkanes) is 2. The largest absolute Gasteiger partial charge is 0.396 e. The Morgan fingerprint density at radius 3 is 2.95 bits per heavy atom. The van der Waals surface area contributed by atoms with Crippen LogP contribution in [0.5, 0.6) is 0 Å². The van der Waals surface area contributed by atoms with E-state index in [9.17, 15) is 5.11 Å². The Morgan fingerprint density at radius 2 is 2.20 bits per heavy atom. The lowest BCUT2D eigenvalue weighted by atomic mass is 9.82. The average molecular weight is 281 g/mol. The Balaban J connectivity index is 1.86. The molecule has 20 heavy (non-hydrogen) atoms. The molecule has 2 aliphatic rings. The van der Waals surface area contributed by atoms with Crippen molar-refractivity contribution >= 4 is 0 Å². The Labute approximate surface area is 123 Å². The molecule has 3 atom stereocenters. The van der Waals surface area contributed by atoms with E-state index in [4.69, 9.17) is 5.11 Å². The summed E-state index contributed by atoms with van der Waals surface area (Å²) >= 11 is 0. The van der Waals surface area contributed by atoms with Crippen LogP contribution in [0.2, 0.25) is 0 Å². The molecule has 3 unspecified atom stereocenters. The molecule has 2 aliphatic heterocycles. The fourth-order valence-corrected chi connectivity index (χ4v) is 3.97. The van der Waals surface area contributed by atoms with E-state index < -0.39 is 5.60 Å². The maximum Gasteiger partial charge on any atom is 0.0811 e. The van der Waals surface area contributed by atoms with Crippen LogP contribution < -0.4 is 0 Å². The standard InChI is InChI=1S/C17H31NO2/c1-14(7-4-3-5-10-19)11-15-12-17(2,20)16-8-6-9-18(16)13-15/h11,14,16,19-20H,3-10,12-13H2,1-2H3/b15-11-. The normalized spacial score (nSPS) is 34.4. The molecule has 0 aromatic heterocycles. The molecule has 3 heteroatoms. The van der Waals surface area contributed by atoms with Gasteiger partial charge in [-0.1, -0.05) is 31.4 Å². The number of hydrogen-bond acceptors (Lipinski definition) is 3. The van der Waals surface area contributed by atoms with Gasteiger partial charge in [0.05, 0.1) is 5.60 Å². The number of allylic oxidation sites excluding steroid dienone is 1. The van der Waals surface area contributed by atoms with Crippen molar-refractivity contribution in [3.63, 3.8) is 0 Å². The highest BCUT2D eigenvalue weighted by Gasteiger charge is 2.43. The van der Waals surface area contributed by atoms with Gasteiger partial charge in [0.25, 0.3) is 0 Å². The van der Waals surface area contributed by atoms with Crippen LogP contribution in [0.15, 0.2) is 11.6 Å². The van der Waals surface area contributed by atoms with Crippen LogP contribution in [0.4, 0.5) is 0 Å². The first-order chi connectivity index (χ1) is 9.53. The minimum Gasteiger partial charge on any atom is -0.396 e. The zero-order valence-corrected chi connectivity index (χ0v) is 13.1. The van der Waals surface area contributed by atoms with Gasteiger partial charge in [-0.3, -0.25) is 4.90 Å². The van der Waals surface area contributed by atoms with Crippen molar-refractivity contribution < 1.29 is 10.2 Å². The molecule has 2 fully saturated rings. The number of rotatable bonds is 6. The molecule has 0 aromatic carbocycles. The van der Waals surface area contributed by atoms with E-state index in [-0.39, 0.29) is 0 Å². The summed E-state index contributed by atoms with van der Waals surface area (Å²) in [6.07, 6.45) is 10.0. The number of piperidine rings is 1. The summed E-state index contributed by atoms with van der Waals surface area (Å²) in [4.78, 5) is 2.47. The molecule has 2 saturated heterocycles. The van der Waals surface area contributed by atoms with Gasteiger partial charge in [-0.2, -0.15) is 0 Å². The maximum absolute atomic E-state index is 10.7. The summed E-state index contributed by atoms with van der Waals surface area (Å²) in [5.74, 6) is 0.582. The Hall–Kier alpha value is -0.380. The number of aliphatic hydroxyl groups is 2. The van der Waals surface area contributed by atoms with Crippen molar-refractivity contribution in [3.8, 4) is 0 Å². The molecule has 0 aliphatic carbocycles. The van der Waals surface area contributed by atoms with E-state index in [0.29, 0.717) is 18.6 Å². The molecule has 2 rings (SSSR count). The van der Waals surface area contributed by atoms with E-state index in [1.165, 1.54) is 24.8 Å². The molecule has 0 saturated carbocycles. The van der Waals surface area contributed by atoms with Gasteiger partial charge < -0.3 is 10.2 Å². The lowest BCUT2D eigenvalue weighted by Crippen LogP contribution is -2.52. The van der Waals surface area contributed by atoms with Crippen LogP contribution in [0.1, 0.15) is 58.8 Å². The lowest BCUT2D eigenvalue weighted by Gasteiger charge is -2.43. The van der Waals surface area contributed by atoms with Crippen molar-refractivity contribution in [2.45, 2.75) is 70.4 Å². The van der Waals surface area contributed by atoms with Crippen molar-refractivity contribution in [2.24, 2.45) is 5.92 Å². The molecule has 0 aromatic rings. The van der Waals surface area contributed by atoms with Crippen molar-refractivity contribution in [2.75, 3.05) is 19.7 Å². The summed E-state index contributed by atoms with van der Waals surface area (Å²) in [7, 11) is 0. The van der Waals surface area contributed by atoms with Gasteiger partial charge in [0.15, 0.2) is 0 Å². The zero-order chi connectivity index (χ0) is 14.6. The van der Waals surface area contributed by atoms with E-state index in [1.54, 1.807) is 0 Å². The summed E-state index contributed by atoms with van der Waals surface area (Å²) in [6, 6.07) is 0.375. The van der Waals surface area contributed by atoms with Crippen molar-refractivity contribution in [1.82, 2.24) is 4.90 Å². The van der Waals surface area contributed by atoms with E-state index in [0.717, 1.165) is 38.8 Å². The summed E-state index contributed by atoms with van der Waals surface area (Å²) < 4.78 is 0. The number of nitrogens with zero attached hydrogens (tertiary/aromatic N) is 1. The van der Waals surface area contributed by atoms with Crippen molar-refractivity contribution in [1.29, 1.82) is 0 Å². The molecular formula is C17H31NO2. The summed E-state index contributed by atoms with van der Waals surface area (Å²) in [5, 5.41) is 19.5. The Bertz CT molecular complexity index is 338. The van der Waals surface area contributed by atoms with Crippen LogP contribution in [-0.4, -0.2) is 46.5 Å². The molecule has 2 heterocycles. The van der Waals surface area contributed by atoms with Gasteiger partial charge in [0, 0.05) is 19.2 Å². The van der Waals surface area contributed by atoms with Gasteiger partial charge in [0.2, 0.25) is 0 Å². The van der Waals surface area contributed by atoms with Crippen molar-refractivity contribution in [3.05, 3.63) is 11.6 Å². The molecule has 0 bridgehead atoms. The number of aliphatic hydroxyl groups excluding tert-OH is 1. The Morgan fingerprint density at radius 1 is 1.40 bits per heavy atom. The second-order valence-corrected chi connectivity index (χ2v) is 7.04. The second-order valence-electron chi connectivity index (χ2n) is 7.04. The minimum absolute atomic E-state index is 0.314. The fourth-order valence-electron chi connectivity index (χ4n) is 3.97. The summed E-state index contributed by atoms with van der Waals surface area (Å²) in [5.41, 5.74) is 0.875. The van der Waals surface area contributed by atoms with Crippen LogP contribution in [0.25, 0.3) is 0 Å². The molecule has 116 valence electrons. The quantitative estimate of drug-likeness (QED) is 0.581. The second kappa shape index (κ2) is 7.06. The van der Waals surface area contributed by atoms with Gasteiger partial charge >= 0.3 is 0 Å². The molecule has 0 spiro atoms. The topological polar surface area (TPSA) is 43.7 Å². The van der Waals surface area contributed by atoms with Crippen LogP contribution in [-0.2, 0) is 0 Å². The Kier molecular flexibility index (Phi) is 5.65. The predicted octanol–water partition coefficient (Wildman–Crippen LogP) is 2.72. The zero-order valence-electron chi connectivity index (χ0n) is 13.1. The van der Waals surface area contributed by atoms with Gasteiger partial charge in [-0.05, 0) is 51.5 Å². The number of hydrogen-bond donors (Lipinski definition) is 2. The molecule has 3 nitrogen and oxygen atoms in total. The molecule has 0 amide bonds. The maximum atomic E-state index is 10.7. The number of fused-ring (bicyclic) bond motifs is 1. The highest BCUT2D eigenvalue weighted by Crippen LogP contribution is 2.37. The van der Waals surface area contributed by atoms with Crippen LogP contribution in [0, 0.1) is 5.92 Å². The smallest absolute Gasteiger partial charge is 0.0811 e. The molecule has 0 radical (unpaired) electrons. The van der Waals surface area contributed by atoms with E-state index >= 15 is 0 Å². The average Bonchev–Trinajstić information content (AvgIpc) is 2.83. The van der Waals surface area contributed by atoms with E-state index in [2.05, 4.69) is 17.9 Å². The molecular weight excluding hydrogens is 250 g/mol. The first kappa shape index (κ1) is 16.0. The third kappa shape index (κ3) is 4.06. The van der Waals surface area contributed by atoms with Gasteiger partial charge in [-0.15, -0.1) is 0 Å². The highest BCUT2D eigenvalue weighted by atomic mass is 16.3. The SMILES string of the molecule is CC(/C=C1\CN2CCCC2C(C)(O)C1)CCCCCO. The summed E-state index contributed by atoms with van der Waals surface area (Å²) in [6.45, 7) is 6.80. The van der Waals surface area contributed by atoms with Crippen LogP contribution >= 0.6 is 0 Å². The lowest BCUT2D eigenvalue weighted by molar-refractivity contribution is -0.0330. The fraction of sp³-hybridized carbons (Fsp3) is 0.882. The monoisotopic (exact) mass is 281 g/mol.